The summed E-state index contributed by atoms with van der Waals surface area (Å²) in [4.78, 5) is 68.7. The first-order chi connectivity index (χ1) is 21.3. The predicted octanol–water partition coefficient (Wildman–Crippen LogP) is 4.91. The lowest BCUT2D eigenvalue weighted by molar-refractivity contribution is -0.161. The minimum Gasteiger partial charge on any atom is -0.486 e. The lowest BCUT2D eigenvalue weighted by Gasteiger charge is -2.50. The molecule has 1 aliphatic carbocycles. The Labute approximate surface area is 264 Å². The highest BCUT2D eigenvalue weighted by Crippen LogP contribution is 2.46. The van der Waals surface area contributed by atoms with E-state index in [2.05, 4.69) is 11.1 Å². The molecule has 0 spiro atoms. The van der Waals surface area contributed by atoms with Gasteiger partial charge < -0.3 is 19.2 Å². The number of benzene rings is 2. The maximum atomic E-state index is 13.3. The van der Waals surface area contributed by atoms with Crippen LogP contribution in [-0.2, 0) is 35.1 Å². The van der Waals surface area contributed by atoms with Gasteiger partial charge in [-0.05, 0) is 63.6 Å². The summed E-state index contributed by atoms with van der Waals surface area (Å²) in [6.07, 6.45) is 0.214. The Morgan fingerprint density at radius 2 is 1.84 bits per heavy atom. The minimum atomic E-state index is -0.796. The van der Waals surface area contributed by atoms with Crippen LogP contribution in [0.5, 0.6) is 5.75 Å². The summed E-state index contributed by atoms with van der Waals surface area (Å²) >= 11 is 1.41. The van der Waals surface area contributed by atoms with Crippen molar-refractivity contribution in [3.63, 3.8) is 0 Å². The number of amides is 1. The minimum absolute atomic E-state index is 0.0203. The van der Waals surface area contributed by atoms with Crippen molar-refractivity contribution in [2.45, 2.75) is 58.4 Å². The van der Waals surface area contributed by atoms with Gasteiger partial charge >= 0.3 is 11.9 Å². The largest absolute Gasteiger partial charge is 0.486 e. The van der Waals surface area contributed by atoms with Crippen molar-refractivity contribution in [3.8, 4) is 17.0 Å². The molecule has 3 aliphatic rings. The number of H-pyrrole nitrogens is 1. The van der Waals surface area contributed by atoms with E-state index in [1.54, 1.807) is 32.9 Å². The van der Waals surface area contributed by atoms with Gasteiger partial charge in [0.05, 0.1) is 17.0 Å². The number of aromatic nitrogens is 1. The molecule has 1 fully saturated rings. The van der Waals surface area contributed by atoms with Gasteiger partial charge in [-0.15, -0.1) is 11.8 Å². The van der Waals surface area contributed by atoms with Crippen molar-refractivity contribution in [2.24, 2.45) is 5.92 Å². The van der Waals surface area contributed by atoms with Gasteiger partial charge in [-0.2, -0.15) is 0 Å². The van der Waals surface area contributed by atoms with Crippen molar-refractivity contribution < 1.29 is 38.2 Å². The number of nitrogens with one attached hydrogen (secondary N) is 1. The number of ketones is 2. The second-order valence-corrected chi connectivity index (χ2v) is 13.7. The van der Waals surface area contributed by atoms with Crippen LogP contribution >= 0.6 is 11.8 Å². The fraction of sp³-hybridized carbons (Fsp3) is 0.382. The van der Waals surface area contributed by atoms with E-state index in [1.807, 2.05) is 25.1 Å². The van der Waals surface area contributed by atoms with Crippen molar-refractivity contribution in [3.05, 3.63) is 64.4 Å². The van der Waals surface area contributed by atoms with Crippen molar-refractivity contribution in [1.29, 1.82) is 0 Å². The van der Waals surface area contributed by atoms with Crippen molar-refractivity contribution >= 4 is 52.1 Å². The molecule has 45 heavy (non-hydrogen) atoms. The molecule has 2 aliphatic heterocycles. The highest BCUT2D eigenvalue weighted by Gasteiger charge is 2.54. The second-order valence-electron chi connectivity index (χ2n) is 12.6. The van der Waals surface area contributed by atoms with E-state index in [0.29, 0.717) is 22.6 Å². The fourth-order valence-electron chi connectivity index (χ4n) is 5.99. The molecule has 3 heterocycles. The topological polar surface area (TPSA) is 132 Å². The molecule has 234 valence electrons. The van der Waals surface area contributed by atoms with E-state index < -0.39 is 28.8 Å². The summed E-state index contributed by atoms with van der Waals surface area (Å²) in [5.74, 6) is -1.74. The molecule has 1 N–H and O–H groups in total. The van der Waals surface area contributed by atoms with Gasteiger partial charge in [0.1, 0.15) is 30.3 Å². The Bertz CT molecular complexity index is 1810. The number of hydrogen-bond donors (Lipinski definition) is 1. The van der Waals surface area contributed by atoms with E-state index >= 15 is 0 Å². The number of carbonyl (C=O) groups excluding carboxylic acids is 5. The number of rotatable bonds is 8. The van der Waals surface area contributed by atoms with E-state index in [4.69, 9.17) is 14.2 Å². The van der Waals surface area contributed by atoms with Crippen LogP contribution in [0.15, 0.2) is 47.7 Å². The number of Topliss-reactive ketones (excluding diaryl/α,β-unsaturated/α-hetero) is 2. The molecular weight excluding hydrogens is 596 g/mol. The Morgan fingerprint density at radius 3 is 2.58 bits per heavy atom. The molecule has 0 saturated carbocycles. The molecule has 6 rings (SSSR count). The van der Waals surface area contributed by atoms with Gasteiger partial charge in [0.2, 0.25) is 5.91 Å². The summed E-state index contributed by atoms with van der Waals surface area (Å²) in [5, 5.41) is 0.616. The van der Waals surface area contributed by atoms with E-state index in [0.717, 1.165) is 33.3 Å². The maximum absolute atomic E-state index is 13.3. The van der Waals surface area contributed by atoms with Gasteiger partial charge in [0.25, 0.3) is 0 Å². The van der Waals surface area contributed by atoms with Crippen molar-refractivity contribution in [1.82, 2.24) is 9.88 Å². The number of fused-ring (bicyclic) bond motifs is 6. The zero-order valence-corrected chi connectivity index (χ0v) is 26.6. The number of aryl methyl sites for hydroxylation is 1. The first-order valence-corrected chi connectivity index (χ1v) is 15.8. The lowest BCUT2D eigenvalue weighted by Crippen LogP contribution is -2.62. The van der Waals surface area contributed by atoms with Gasteiger partial charge in [0.15, 0.2) is 11.6 Å². The average molecular weight is 631 g/mol. The number of nitrogens with zero attached hydrogens (tertiary/aromatic N) is 1. The molecule has 2 aromatic carbocycles. The number of β-lactam (4-membered cyclic amide) rings is 1. The highest BCUT2D eigenvalue weighted by atomic mass is 32.2. The SMILES string of the molecule is CC(=O)OCC1=C(C(=O)OC(C)(C)C)N2C(=O)C(CC(=O)COc3ccc4c(c3)C(=O)Cc3c-4[nH]c4ccc(C)cc34)C2SC1. The van der Waals surface area contributed by atoms with Gasteiger partial charge in [-0.25, -0.2) is 4.79 Å². The first kappa shape index (κ1) is 30.6. The molecule has 11 heteroatoms. The molecule has 10 nitrogen and oxygen atoms in total. The molecule has 1 aromatic heterocycles. The zero-order chi connectivity index (χ0) is 32.2. The predicted molar refractivity (Wildman–Crippen MR) is 168 cm³/mol. The number of esters is 2. The number of carbonyl (C=O) groups is 5. The fourth-order valence-corrected chi connectivity index (χ4v) is 7.39. The normalized spacial score (nSPS) is 19.0. The Balaban J connectivity index is 1.12. The highest BCUT2D eigenvalue weighted by molar-refractivity contribution is 8.00. The van der Waals surface area contributed by atoms with Crippen LogP contribution in [0.25, 0.3) is 22.2 Å². The van der Waals surface area contributed by atoms with Crippen molar-refractivity contribution in [2.75, 3.05) is 19.0 Å². The van der Waals surface area contributed by atoms with E-state index in [-0.39, 0.29) is 49.2 Å². The molecule has 1 saturated heterocycles. The quantitative estimate of drug-likeness (QED) is 0.272. The lowest BCUT2D eigenvalue weighted by atomic mass is 9.88. The number of thioether (sulfide) groups is 1. The van der Waals surface area contributed by atoms with Crippen LogP contribution in [0.2, 0.25) is 0 Å². The third-order valence-electron chi connectivity index (χ3n) is 8.01. The standard InChI is InChI=1S/C34H34N2O8S/c1-17-6-9-27-23(10-17)25-13-28(39)24-12-21(7-8-22(24)29(25)35-27)43-15-20(38)11-26-31(40)36-30(33(41)44-34(3,4)5)19(14-42-18(2)37)16-45-32(26)36/h6-10,12,26,32,35H,11,13-16H2,1-5H3. The number of aromatic amines is 1. The summed E-state index contributed by atoms with van der Waals surface area (Å²) in [6.45, 7) is 8.08. The third-order valence-corrected chi connectivity index (χ3v) is 9.40. The first-order valence-electron chi connectivity index (χ1n) is 14.8. The van der Waals surface area contributed by atoms with Crippen LogP contribution in [-0.4, -0.2) is 69.2 Å². The third kappa shape index (κ3) is 5.88. The van der Waals surface area contributed by atoms with Gasteiger partial charge in [-0.3, -0.25) is 24.1 Å². The number of ether oxygens (including phenoxy) is 3. The van der Waals surface area contributed by atoms with Gasteiger partial charge in [0, 0.05) is 53.1 Å². The summed E-state index contributed by atoms with van der Waals surface area (Å²) in [6, 6.07) is 11.4. The molecule has 1 amide bonds. The molecule has 2 unspecified atom stereocenters. The molecule has 2 atom stereocenters. The van der Waals surface area contributed by atoms with Crippen LogP contribution in [0.1, 0.15) is 55.6 Å². The molecule has 0 radical (unpaired) electrons. The Hall–Kier alpha value is -4.38. The van der Waals surface area contributed by atoms with Gasteiger partial charge in [-0.1, -0.05) is 11.6 Å². The number of hydrogen-bond acceptors (Lipinski definition) is 9. The second kappa shape index (κ2) is 11.5. The maximum Gasteiger partial charge on any atom is 0.355 e. The summed E-state index contributed by atoms with van der Waals surface area (Å²) in [5.41, 5.74) is 5.10. The van der Waals surface area contributed by atoms with E-state index in [1.165, 1.54) is 23.6 Å². The Morgan fingerprint density at radius 1 is 1.07 bits per heavy atom. The monoisotopic (exact) mass is 630 g/mol. The summed E-state index contributed by atoms with van der Waals surface area (Å²) in [7, 11) is 0. The smallest absolute Gasteiger partial charge is 0.355 e. The molecular formula is C34H34N2O8S. The summed E-state index contributed by atoms with van der Waals surface area (Å²) < 4.78 is 16.5. The van der Waals surface area contributed by atoms with Crippen LogP contribution < -0.4 is 4.74 Å². The molecule has 0 bridgehead atoms. The average Bonchev–Trinajstić information content (AvgIpc) is 3.33. The van der Waals surface area contributed by atoms with Crippen LogP contribution in [0, 0.1) is 12.8 Å². The van der Waals surface area contributed by atoms with Crippen LogP contribution in [0.3, 0.4) is 0 Å². The Kier molecular flexibility index (Phi) is 7.84. The zero-order valence-electron chi connectivity index (χ0n) is 25.8. The van der Waals surface area contributed by atoms with Crippen LogP contribution in [0.4, 0.5) is 0 Å². The van der Waals surface area contributed by atoms with E-state index in [9.17, 15) is 24.0 Å². The molecule has 3 aromatic rings.